The molecule has 2 aliphatic rings. The number of primary amides is 1. The summed E-state index contributed by atoms with van der Waals surface area (Å²) in [7, 11) is 2.10. The van der Waals surface area contributed by atoms with E-state index in [4.69, 9.17) is 5.73 Å². The van der Waals surface area contributed by atoms with Crippen molar-refractivity contribution in [1.29, 1.82) is 0 Å². The lowest BCUT2D eigenvalue weighted by atomic mass is 9.87. The molecule has 1 aliphatic heterocycles. The molecule has 10 nitrogen and oxygen atoms in total. The van der Waals surface area contributed by atoms with Gasteiger partial charge in [-0.25, -0.2) is 9.97 Å². The monoisotopic (exact) mass is 562 g/mol. The third-order valence-electron chi connectivity index (χ3n) is 8.37. The second kappa shape index (κ2) is 11.3. The minimum Gasteiger partial charge on any atom is -0.366 e. The van der Waals surface area contributed by atoms with Crippen LogP contribution in [0.25, 0.3) is 11.3 Å². The first-order chi connectivity index (χ1) is 20.3. The van der Waals surface area contributed by atoms with Gasteiger partial charge in [-0.3, -0.25) is 19.5 Å². The van der Waals surface area contributed by atoms with E-state index in [9.17, 15) is 9.59 Å². The molecule has 3 heterocycles. The average Bonchev–Trinajstić information content (AvgIpc) is 3.40. The number of nitrogens with two attached hydrogens (primary N) is 1. The van der Waals surface area contributed by atoms with Gasteiger partial charge in [0.05, 0.1) is 5.69 Å². The van der Waals surface area contributed by atoms with Gasteiger partial charge < -0.3 is 21.3 Å². The number of likely N-dealkylation sites (N-methyl/N-ethyl adjacent to an activating group) is 1. The molecular formula is C32H34N8O2. The molecule has 1 saturated heterocycles. The Kier molecular flexibility index (Phi) is 7.40. The van der Waals surface area contributed by atoms with Crippen LogP contribution in [0.3, 0.4) is 0 Å². The molecule has 0 saturated carbocycles. The number of rotatable bonds is 7. The Morgan fingerprint density at radius 3 is 2.60 bits per heavy atom. The Hall–Kier alpha value is -4.67. The molecule has 2 aromatic carbocycles. The lowest BCUT2D eigenvalue weighted by Gasteiger charge is -2.44. The number of benzene rings is 2. The van der Waals surface area contributed by atoms with Gasteiger partial charge in [0, 0.05) is 67.3 Å². The van der Waals surface area contributed by atoms with Crippen molar-refractivity contribution in [3.63, 3.8) is 0 Å². The van der Waals surface area contributed by atoms with Gasteiger partial charge in [-0.15, -0.1) is 0 Å². The zero-order valence-electron chi connectivity index (χ0n) is 23.8. The standard InChI is InChI=1S/C32H34N8O2/c1-21-5-7-25(19-28(21)38-31-35-13-10-27(37-31)24-4-3-12-34-20-24)36-30(42)32(40-16-14-39(2)15-17-40)11-9-22-18-23(29(33)41)6-8-26(22)32/h3-8,10,12-13,18-20H,9,11,14-17H2,1-2H3,(H2,33,41)(H,36,42)(H,35,37,38). The predicted octanol–water partition coefficient (Wildman–Crippen LogP) is 3.72. The molecule has 2 aromatic heterocycles. The van der Waals surface area contributed by atoms with Crippen molar-refractivity contribution in [2.45, 2.75) is 25.3 Å². The van der Waals surface area contributed by atoms with Gasteiger partial charge in [0.25, 0.3) is 0 Å². The van der Waals surface area contributed by atoms with Crippen LogP contribution in [-0.2, 0) is 16.8 Å². The number of pyridine rings is 1. The van der Waals surface area contributed by atoms with Crippen molar-refractivity contribution in [1.82, 2.24) is 24.8 Å². The highest BCUT2D eigenvalue weighted by Gasteiger charge is 2.50. The number of aromatic nitrogens is 3. The number of hydrogen-bond donors (Lipinski definition) is 3. The van der Waals surface area contributed by atoms with Gasteiger partial charge in [-0.1, -0.05) is 12.1 Å². The van der Waals surface area contributed by atoms with Crippen LogP contribution < -0.4 is 16.4 Å². The molecule has 10 heteroatoms. The van der Waals surface area contributed by atoms with Gasteiger partial charge in [-0.05, 0) is 86.0 Å². The molecule has 6 rings (SSSR count). The van der Waals surface area contributed by atoms with Crippen molar-refractivity contribution in [2.75, 3.05) is 43.9 Å². The minimum atomic E-state index is -0.841. The predicted molar refractivity (Wildman–Crippen MR) is 162 cm³/mol. The number of hydrogen-bond acceptors (Lipinski definition) is 8. The van der Waals surface area contributed by atoms with Crippen molar-refractivity contribution in [3.8, 4) is 11.3 Å². The highest BCUT2D eigenvalue weighted by molar-refractivity contribution is 6.01. The van der Waals surface area contributed by atoms with Crippen LogP contribution in [0.15, 0.2) is 73.2 Å². The van der Waals surface area contributed by atoms with Crippen molar-refractivity contribution < 1.29 is 9.59 Å². The average molecular weight is 563 g/mol. The van der Waals surface area contributed by atoms with Crippen LogP contribution in [0.4, 0.5) is 17.3 Å². The van der Waals surface area contributed by atoms with E-state index in [1.807, 2.05) is 55.5 Å². The summed E-state index contributed by atoms with van der Waals surface area (Å²) in [4.78, 5) is 44.0. The van der Waals surface area contributed by atoms with Crippen LogP contribution in [0.2, 0.25) is 0 Å². The van der Waals surface area contributed by atoms with Crippen LogP contribution in [0, 0.1) is 6.92 Å². The van der Waals surface area contributed by atoms with E-state index in [1.165, 1.54) is 0 Å². The second-order valence-electron chi connectivity index (χ2n) is 11.0. The number of aryl methyl sites for hydroxylation is 2. The van der Waals surface area contributed by atoms with Crippen molar-refractivity contribution >= 4 is 29.1 Å². The fourth-order valence-electron chi connectivity index (χ4n) is 5.99. The summed E-state index contributed by atoms with van der Waals surface area (Å²) in [6.45, 7) is 5.29. The molecule has 42 heavy (non-hydrogen) atoms. The summed E-state index contributed by atoms with van der Waals surface area (Å²) in [5.41, 5.74) is 11.2. The molecule has 0 radical (unpaired) electrons. The van der Waals surface area contributed by atoms with Gasteiger partial charge in [0.1, 0.15) is 5.54 Å². The SMILES string of the molecule is Cc1ccc(NC(=O)C2(N3CCN(C)CC3)CCc3cc(C(N)=O)ccc32)cc1Nc1nccc(-c2cccnc2)n1. The fraction of sp³-hybridized carbons (Fsp3) is 0.281. The van der Waals surface area contributed by atoms with E-state index in [0.29, 0.717) is 30.0 Å². The highest BCUT2D eigenvalue weighted by Crippen LogP contribution is 2.43. The second-order valence-corrected chi connectivity index (χ2v) is 11.0. The number of nitrogens with zero attached hydrogens (tertiary/aromatic N) is 5. The lowest BCUT2D eigenvalue weighted by Crippen LogP contribution is -2.59. The molecule has 4 aromatic rings. The number of carbonyl (C=O) groups excluding carboxylic acids is 2. The Morgan fingerprint density at radius 2 is 1.83 bits per heavy atom. The third kappa shape index (κ3) is 5.22. The van der Waals surface area contributed by atoms with Crippen LogP contribution in [0.1, 0.15) is 33.5 Å². The Morgan fingerprint density at radius 1 is 1.00 bits per heavy atom. The number of carbonyl (C=O) groups is 2. The molecule has 0 bridgehead atoms. The molecule has 1 aliphatic carbocycles. The Balaban J connectivity index is 1.29. The normalized spacial score (nSPS) is 18.8. The van der Waals surface area contributed by atoms with E-state index in [-0.39, 0.29) is 5.91 Å². The van der Waals surface area contributed by atoms with E-state index in [1.54, 1.807) is 24.7 Å². The number of nitrogens with one attached hydrogen (secondary N) is 2. The fourth-order valence-corrected chi connectivity index (χ4v) is 5.99. The highest BCUT2D eigenvalue weighted by atomic mass is 16.2. The zero-order chi connectivity index (χ0) is 29.3. The lowest BCUT2D eigenvalue weighted by molar-refractivity contribution is -0.130. The molecule has 0 spiro atoms. The van der Waals surface area contributed by atoms with Gasteiger partial charge in [0.15, 0.2) is 0 Å². The largest absolute Gasteiger partial charge is 0.366 e. The summed E-state index contributed by atoms with van der Waals surface area (Å²) in [6.07, 6.45) is 6.52. The smallest absolute Gasteiger partial charge is 0.249 e. The number of anilines is 3. The number of piperazine rings is 1. The van der Waals surface area contributed by atoms with Crippen LogP contribution in [-0.4, -0.2) is 69.8 Å². The van der Waals surface area contributed by atoms with Gasteiger partial charge in [-0.2, -0.15) is 0 Å². The van der Waals surface area contributed by atoms with E-state index >= 15 is 0 Å². The van der Waals surface area contributed by atoms with E-state index < -0.39 is 11.4 Å². The summed E-state index contributed by atoms with van der Waals surface area (Å²) in [6, 6.07) is 16.9. The summed E-state index contributed by atoms with van der Waals surface area (Å²) < 4.78 is 0. The Labute approximate surface area is 245 Å². The molecule has 214 valence electrons. The molecular weight excluding hydrogens is 528 g/mol. The molecule has 4 N–H and O–H groups in total. The van der Waals surface area contributed by atoms with Crippen LogP contribution in [0.5, 0.6) is 0 Å². The maximum Gasteiger partial charge on any atom is 0.249 e. The first kappa shape index (κ1) is 27.5. The molecule has 1 fully saturated rings. The van der Waals surface area contributed by atoms with Crippen molar-refractivity contribution in [2.24, 2.45) is 5.73 Å². The topological polar surface area (TPSA) is 129 Å². The third-order valence-corrected chi connectivity index (χ3v) is 8.37. The summed E-state index contributed by atoms with van der Waals surface area (Å²) in [5, 5.41) is 6.55. The zero-order valence-corrected chi connectivity index (χ0v) is 23.8. The summed E-state index contributed by atoms with van der Waals surface area (Å²) >= 11 is 0. The maximum atomic E-state index is 14.3. The van der Waals surface area contributed by atoms with Crippen LogP contribution >= 0.6 is 0 Å². The Bertz CT molecular complexity index is 1640. The maximum absolute atomic E-state index is 14.3. The minimum absolute atomic E-state index is 0.0812. The first-order valence-electron chi connectivity index (χ1n) is 14.1. The first-order valence-corrected chi connectivity index (χ1v) is 14.1. The van der Waals surface area contributed by atoms with Gasteiger partial charge >= 0.3 is 0 Å². The van der Waals surface area contributed by atoms with Gasteiger partial charge in [0.2, 0.25) is 17.8 Å². The van der Waals surface area contributed by atoms with Crippen molar-refractivity contribution in [3.05, 3.63) is 95.4 Å². The molecule has 2 amide bonds. The summed E-state index contributed by atoms with van der Waals surface area (Å²) in [5.74, 6) is -0.0944. The molecule has 1 atom stereocenters. The quantitative estimate of drug-likeness (QED) is 0.311. The number of amides is 2. The van der Waals surface area contributed by atoms with E-state index in [0.717, 1.165) is 59.8 Å². The number of fused-ring (bicyclic) bond motifs is 1. The van der Waals surface area contributed by atoms with E-state index in [2.05, 4.69) is 42.4 Å². The molecule has 1 unspecified atom stereocenters.